The number of carbonyl (C=O) groups is 1. The van der Waals surface area contributed by atoms with Crippen molar-refractivity contribution in [3.05, 3.63) is 29.3 Å². The Morgan fingerprint density at radius 1 is 1.35 bits per heavy atom. The molecule has 136 valence electrons. The summed E-state index contributed by atoms with van der Waals surface area (Å²) in [6, 6.07) is 4.11. The second kappa shape index (κ2) is 6.65. The lowest BCUT2D eigenvalue weighted by Gasteiger charge is -2.23. The predicted octanol–water partition coefficient (Wildman–Crippen LogP) is 2.25. The molecule has 0 bridgehead atoms. The van der Waals surface area contributed by atoms with Crippen molar-refractivity contribution >= 4 is 55.2 Å². The summed E-state index contributed by atoms with van der Waals surface area (Å²) in [5.41, 5.74) is 1.69. The van der Waals surface area contributed by atoms with Gasteiger partial charge in [-0.1, -0.05) is 6.07 Å². The minimum absolute atomic E-state index is 0.0912. The van der Waals surface area contributed by atoms with Crippen molar-refractivity contribution < 1.29 is 13.2 Å². The lowest BCUT2D eigenvalue weighted by atomic mass is 10.2. The quantitative estimate of drug-likeness (QED) is 0.708. The molecule has 0 aliphatic carbocycles. The zero-order chi connectivity index (χ0) is 18.3. The lowest BCUT2D eigenvalue weighted by molar-refractivity contribution is -0.119. The smallest absolute Gasteiger partial charge is 0.246 e. The number of benzene rings is 1. The Morgan fingerprint density at radius 2 is 2.19 bits per heavy atom. The second-order valence-electron chi connectivity index (χ2n) is 5.95. The molecule has 4 rings (SSSR count). The Kier molecular flexibility index (Phi) is 4.47. The first-order chi connectivity index (χ1) is 12.5. The molecule has 3 heterocycles. The van der Waals surface area contributed by atoms with Gasteiger partial charge in [-0.3, -0.25) is 4.79 Å². The maximum absolute atomic E-state index is 13.2. The van der Waals surface area contributed by atoms with Gasteiger partial charge in [-0.2, -0.15) is 13.1 Å². The van der Waals surface area contributed by atoms with Crippen molar-refractivity contribution in [2.24, 2.45) is 0 Å². The molecule has 2 aromatic heterocycles. The Morgan fingerprint density at radius 3 is 2.96 bits per heavy atom. The Hall–Kier alpha value is -1.95. The maximum Gasteiger partial charge on any atom is 0.246 e. The summed E-state index contributed by atoms with van der Waals surface area (Å²) >= 11 is 2.28. The topological polar surface area (TPSA) is 105 Å². The third-order valence-corrected chi connectivity index (χ3v) is 7.55. The number of rotatable bonds is 4. The highest BCUT2D eigenvalue weighted by molar-refractivity contribution is 7.89. The minimum Gasteiger partial charge on any atom is -0.301 e. The van der Waals surface area contributed by atoms with Crippen LogP contribution in [0.3, 0.4) is 0 Å². The van der Waals surface area contributed by atoms with Crippen LogP contribution in [0.2, 0.25) is 0 Å². The zero-order valence-electron chi connectivity index (χ0n) is 13.7. The summed E-state index contributed by atoms with van der Waals surface area (Å²) in [7, 11) is -3.86. The van der Waals surface area contributed by atoms with Crippen molar-refractivity contribution in [3.8, 4) is 0 Å². The molecule has 26 heavy (non-hydrogen) atoms. The van der Waals surface area contributed by atoms with E-state index in [0.717, 1.165) is 17.4 Å². The number of carbonyl (C=O) groups excluding carboxylic acids is 1. The first-order valence-corrected chi connectivity index (χ1v) is 11.0. The van der Waals surface area contributed by atoms with Crippen LogP contribution in [0, 0.1) is 6.92 Å². The Balaban J connectivity index is 1.65. The molecular formula is C15H15N5O3S3. The minimum atomic E-state index is -3.86. The number of aromatic nitrogens is 3. The van der Waals surface area contributed by atoms with Crippen molar-refractivity contribution in [1.82, 2.24) is 18.0 Å². The molecule has 1 aliphatic heterocycles. The van der Waals surface area contributed by atoms with E-state index in [1.807, 2.05) is 12.3 Å². The number of hydrogen-bond donors (Lipinski definition) is 1. The number of nitrogens with zero attached hydrogens (tertiary/aromatic N) is 4. The van der Waals surface area contributed by atoms with Crippen molar-refractivity contribution in [2.45, 2.75) is 30.7 Å². The van der Waals surface area contributed by atoms with E-state index in [1.54, 1.807) is 12.1 Å². The van der Waals surface area contributed by atoms with Crippen LogP contribution in [0.1, 0.15) is 18.5 Å². The van der Waals surface area contributed by atoms with Crippen LogP contribution in [0.5, 0.6) is 0 Å². The lowest BCUT2D eigenvalue weighted by Crippen LogP contribution is -2.43. The summed E-state index contributed by atoms with van der Waals surface area (Å²) in [6.07, 6.45) is 1.10. The van der Waals surface area contributed by atoms with E-state index in [-0.39, 0.29) is 10.8 Å². The maximum atomic E-state index is 13.2. The van der Waals surface area contributed by atoms with Crippen LogP contribution in [0.4, 0.5) is 5.13 Å². The van der Waals surface area contributed by atoms with Gasteiger partial charge in [0, 0.05) is 11.9 Å². The summed E-state index contributed by atoms with van der Waals surface area (Å²) in [5, 5.41) is 5.03. The van der Waals surface area contributed by atoms with E-state index >= 15 is 0 Å². The van der Waals surface area contributed by atoms with Gasteiger partial charge in [0.2, 0.25) is 15.9 Å². The van der Waals surface area contributed by atoms with Gasteiger partial charge in [0.25, 0.3) is 0 Å². The summed E-state index contributed by atoms with van der Waals surface area (Å²) in [5.74, 6) is -0.357. The van der Waals surface area contributed by atoms with Crippen LogP contribution < -0.4 is 5.32 Å². The van der Waals surface area contributed by atoms with Crippen molar-refractivity contribution in [1.29, 1.82) is 0 Å². The predicted molar refractivity (Wildman–Crippen MR) is 99.8 cm³/mol. The van der Waals surface area contributed by atoms with Crippen LogP contribution >= 0.6 is 23.1 Å². The van der Waals surface area contributed by atoms with E-state index in [0.29, 0.717) is 35.6 Å². The first kappa shape index (κ1) is 17.5. The monoisotopic (exact) mass is 409 g/mol. The molecule has 1 aliphatic rings. The normalized spacial score (nSPS) is 18.4. The highest BCUT2D eigenvalue weighted by Crippen LogP contribution is 2.30. The molecule has 1 atom stereocenters. The summed E-state index contributed by atoms with van der Waals surface area (Å²) < 4.78 is 35.8. The van der Waals surface area contributed by atoms with Crippen molar-refractivity contribution in [3.63, 3.8) is 0 Å². The number of amides is 1. The number of sulfonamides is 1. The molecule has 11 heteroatoms. The molecule has 0 spiro atoms. The van der Waals surface area contributed by atoms with Crippen LogP contribution in [-0.4, -0.2) is 44.9 Å². The molecule has 1 saturated heterocycles. The third-order valence-electron chi connectivity index (χ3n) is 4.19. The number of thiazole rings is 1. The largest absolute Gasteiger partial charge is 0.301 e. The molecule has 1 unspecified atom stereocenters. The van der Waals surface area contributed by atoms with Gasteiger partial charge < -0.3 is 5.32 Å². The molecule has 1 amide bonds. The van der Waals surface area contributed by atoms with E-state index in [1.165, 1.54) is 21.7 Å². The van der Waals surface area contributed by atoms with E-state index in [4.69, 9.17) is 0 Å². The second-order valence-corrected chi connectivity index (χ2v) is 9.19. The fraction of sp³-hybridized carbons (Fsp3) is 0.333. The number of fused-ring (bicyclic) bond motifs is 1. The van der Waals surface area contributed by atoms with Gasteiger partial charge in [0.1, 0.15) is 22.0 Å². The van der Waals surface area contributed by atoms with Crippen molar-refractivity contribution in [2.75, 3.05) is 11.9 Å². The van der Waals surface area contributed by atoms with Gasteiger partial charge in [-0.15, -0.1) is 11.3 Å². The van der Waals surface area contributed by atoms with Crippen LogP contribution in [0.25, 0.3) is 11.0 Å². The number of nitrogens with one attached hydrogen (secondary N) is 1. The molecule has 0 radical (unpaired) electrons. The Bertz CT molecular complexity index is 1080. The molecule has 1 N–H and O–H groups in total. The third kappa shape index (κ3) is 3.00. The molecule has 1 aromatic carbocycles. The van der Waals surface area contributed by atoms with E-state index in [9.17, 15) is 13.2 Å². The fourth-order valence-electron chi connectivity index (χ4n) is 3.01. The number of aryl methyl sites for hydroxylation is 1. The summed E-state index contributed by atoms with van der Waals surface area (Å²) in [4.78, 5) is 16.9. The standard InChI is InChI=1S/C15H15N5O3S3/c1-9-8-24-15(16-9)17-14(21)11-5-3-7-20(11)26(22,23)12-6-2-4-10-13(12)19-25-18-10/h2,4,6,8,11H,3,5,7H2,1H3,(H,16,17,21). The summed E-state index contributed by atoms with van der Waals surface area (Å²) in [6.45, 7) is 2.13. The van der Waals surface area contributed by atoms with Gasteiger partial charge >= 0.3 is 0 Å². The Labute approximate surface area is 158 Å². The van der Waals surface area contributed by atoms with Gasteiger partial charge in [-0.05, 0) is 31.9 Å². The highest BCUT2D eigenvalue weighted by atomic mass is 32.2. The molecule has 8 nitrogen and oxygen atoms in total. The average Bonchev–Trinajstić information content (AvgIpc) is 3.34. The number of anilines is 1. The fourth-order valence-corrected chi connectivity index (χ4v) is 6.11. The van der Waals surface area contributed by atoms with Gasteiger partial charge in [-0.25, -0.2) is 13.4 Å². The molecule has 3 aromatic rings. The van der Waals surface area contributed by atoms with Crippen LogP contribution in [-0.2, 0) is 14.8 Å². The zero-order valence-corrected chi connectivity index (χ0v) is 16.2. The first-order valence-electron chi connectivity index (χ1n) is 7.93. The van der Waals surface area contributed by atoms with E-state index < -0.39 is 16.1 Å². The highest BCUT2D eigenvalue weighted by Gasteiger charge is 2.40. The SMILES string of the molecule is Cc1csc(NC(=O)C2CCCN2S(=O)(=O)c2cccc3nsnc23)n1. The number of hydrogen-bond acceptors (Lipinski definition) is 8. The molecular weight excluding hydrogens is 394 g/mol. The van der Waals surface area contributed by atoms with Crippen LogP contribution in [0.15, 0.2) is 28.5 Å². The average molecular weight is 410 g/mol. The van der Waals surface area contributed by atoms with E-state index in [2.05, 4.69) is 19.0 Å². The van der Waals surface area contributed by atoms with Gasteiger partial charge in [0.15, 0.2) is 5.13 Å². The molecule has 0 saturated carbocycles. The van der Waals surface area contributed by atoms with Gasteiger partial charge in [0.05, 0.1) is 17.4 Å². The molecule has 1 fully saturated rings.